The number of hydrogen-bond acceptors (Lipinski definition) is 3. The average Bonchev–Trinajstić information content (AvgIpc) is 3.02. The minimum absolute atomic E-state index is 0.00459. The molecule has 2 rings (SSSR count). The number of aryl methyl sites for hydroxylation is 1. The van der Waals surface area contributed by atoms with Crippen LogP contribution >= 0.6 is 0 Å². The zero-order valence-corrected chi connectivity index (χ0v) is 14.7. The lowest BCUT2D eigenvalue weighted by Crippen LogP contribution is -2.25. The van der Waals surface area contributed by atoms with Crippen LogP contribution in [0.4, 0.5) is 13.2 Å². The van der Waals surface area contributed by atoms with E-state index in [-0.39, 0.29) is 24.5 Å². The predicted molar refractivity (Wildman–Crippen MR) is 91.8 cm³/mol. The van der Waals surface area contributed by atoms with Gasteiger partial charge in [-0.25, -0.2) is 0 Å². The van der Waals surface area contributed by atoms with Crippen LogP contribution in [0.15, 0.2) is 18.2 Å². The van der Waals surface area contributed by atoms with E-state index in [1.165, 1.54) is 0 Å². The lowest BCUT2D eigenvalue weighted by molar-refractivity contribution is -0.138. The molecule has 1 aromatic rings. The zero-order valence-electron chi connectivity index (χ0n) is 14.7. The molecule has 0 aromatic heterocycles. The fourth-order valence-corrected chi connectivity index (χ4v) is 3.23. The third kappa shape index (κ3) is 6.19. The third-order valence-corrected chi connectivity index (χ3v) is 4.64. The van der Waals surface area contributed by atoms with Gasteiger partial charge in [0.2, 0.25) is 0 Å². The summed E-state index contributed by atoms with van der Waals surface area (Å²) in [5, 5.41) is 12.2. The van der Waals surface area contributed by atoms with Gasteiger partial charge in [0, 0.05) is 19.0 Å². The first-order chi connectivity index (χ1) is 11.9. The van der Waals surface area contributed by atoms with E-state index in [2.05, 4.69) is 12.2 Å². The van der Waals surface area contributed by atoms with E-state index >= 15 is 0 Å². The minimum Gasteiger partial charge on any atom is -0.489 e. The van der Waals surface area contributed by atoms with Gasteiger partial charge in [-0.2, -0.15) is 13.2 Å². The summed E-state index contributed by atoms with van der Waals surface area (Å²) in [5.41, 5.74) is -0.251. The van der Waals surface area contributed by atoms with Crippen molar-refractivity contribution >= 4 is 0 Å². The van der Waals surface area contributed by atoms with Gasteiger partial charge in [0.25, 0.3) is 0 Å². The molecule has 3 nitrogen and oxygen atoms in total. The lowest BCUT2D eigenvalue weighted by atomic mass is 10.00. The number of aliphatic hydroxyl groups excluding tert-OH is 1. The van der Waals surface area contributed by atoms with Crippen LogP contribution in [-0.2, 0) is 12.6 Å². The van der Waals surface area contributed by atoms with Crippen LogP contribution in [0.1, 0.15) is 56.6 Å². The minimum atomic E-state index is -4.38. The Morgan fingerprint density at radius 3 is 2.60 bits per heavy atom. The van der Waals surface area contributed by atoms with Crippen LogP contribution in [-0.4, -0.2) is 30.4 Å². The Morgan fingerprint density at radius 2 is 1.96 bits per heavy atom. The molecule has 0 unspecified atom stereocenters. The van der Waals surface area contributed by atoms with Crippen molar-refractivity contribution in [2.45, 2.75) is 70.2 Å². The van der Waals surface area contributed by atoms with Crippen LogP contribution in [0.2, 0.25) is 0 Å². The van der Waals surface area contributed by atoms with Gasteiger partial charge in [-0.15, -0.1) is 0 Å². The van der Waals surface area contributed by atoms with E-state index in [9.17, 15) is 13.2 Å². The number of aliphatic hydroxyl groups is 1. The molecule has 0 saturated carbocycles. The van der Waals surface area contributed by atoms with Crippen molar-refractivity contribution in [3.8, 4) is 5.75 Å². The summed E-state index contributed by atoms with van der Waals surface area (Å²) in [4.78, 5) is 0. The van der Waals surface area contributed by atoms with Crippen molar-refractivity contribution in [1.82, 2.24) is 5.32 Å². The van der Waals surface area contributed by atoms with Crippen molar-refractivity contribution in [1.29, 1.82) is 0 Å². The molecule has 2 N–H and O–H groups in total. The van der Waals surface area contributed by atoms with Gasteiger partial charge in [-0.1, -0.05) is 38.7 Å². The van der Waals surface area contributed by atoms with E-state index in [0.717, 1.165) is 38.2 Å². The Kier molecular flexibility index (Phi) is 7.56. The van der Waals surface area contributed by atoms with Gasteiger partial charge in [0.05, 0.1) is 12.2 Å². The SMILES string of the molecule is CCCCCCCc1ccc(O[C@H]2CN[C@H](CO)C2)cc1C(F)(F)F. The summed E-state index contributed by atoms with van der Waals surface area (Å²) in [6.07, 6.45) is 1.50. The fourth-order valence-electron chi connectivity index (χ4n) is 3.23. The molecule has 1 aliphatic rings. The molecule has 25 heavy (non-hydrogen) atoms. The second-order valence-corrected chi connectivity index (χ2v) is 6.74. The second kappa shape index (κ2) is 9.43. The quantitative estimate of drug-likeness (QED) is 0.645. The molecular weight excluding hydrogens is 331 g/mol. The van der Waals surface area contributed by atoms with Gasteiger partial charge in [-0.3, -0.25) is 0 Å². The van der Waals surface area contributed by atoms with Gasteiger partial charge >= 0.3 is 6.18 Å². The Morgan fingerprint density at radius 1 is 1.20 bits per heavy atom. The molecule has 0 aliphatic carbocycles. The molecule has 0 radical (unpaired) electrons. The number of hydrogen-bond donors (Lipinski definition) is 2. The molecule has 1 aliphatic heterocycles. The van der Waals surface area contributed by atoms with Gasteiger partial charge < -0.3 is 15.2 Å². The molecule has 1 fully saturated rings. The van der Waals surface area contributed by atoms with E-state index in [4.69, 9.17) is 9.84 Å². The van der Waals surface area contributed by atoms with E-state index < -0.39 is 11.7 Å². The Balaban J connectivity index is 2.01. The first-order valence-corrected chi connectivity index (χ1v) is 9.15. The van der Waals surface area contributed by atoms with E-state index in [1.807, 2.05) is 0 Å². The Bertz CT molecular complexity index is 534. The average molecular weight is 359 g/mol. The molecule has 0 bridgehead atoms. The largest absolute Gasteiger partial charge is 0.489 e. The topological polar surface area (TPSA) is 41.5 Å². The highest BCUT2D eigenvalue weighted by Gasteiger charge is 2.34. The number of alkyl halides is 3. The second-order valence-electron chi connectivity index (χ2n) is 6.74. The monoisotopic (exact) mass is 359 g/mol. The van der Waals surface area contributed by atoms with Crippen LogP contribution in [0.25, 0.3) is 0 Å². The maximum Gasteiger partial charge on any atom is 0.416 e. The summed E-state index contributed by atoms with van der Waals surface area (Å²) in [7, 11) is 0. The lowest BCUT2D eigenvalue weighted by Gasteiger charge is -2.17. The first-order valence-electron chi connectivity index (χ1n) is 9.15. The molecule has 142 valence electrons. The maximum atomic E-state index is 13.4. The van der Waals surface area contributed by atoms with E-state index in [0.29, 0.717) is 24.9 Å². The molecule has 1 aromatic carbocycles. The smallest absolute Gasteiger partial charge is 0.416 e. The normalized spacial score (nSPS) is 20.8. The highest BCUT2D eigenvalue weighted by Crippen LogP contribution is 2.35. The number of rotatable bonds is 9. The summed E-state index contributed by atoms with van der Waals surface area (Å²) < 4.78 is 45.8. The summed E-state index contributed by atoms with van der Waals surface area (Å²) >= 11 is 0. The number of nitrogens with one attached hydrogen (secondary N) is 1. The van der Waals surface area contributed by atoms with Gasteiger partial charge in [0.15, 0.2) is 0 Å². The Labute approximate surface area is 147 Å². The molecule has 1 heterocycles. The standard InChI is InChI=1S/C19H28F3NO2/c1-2-3-4-5-6-7-14-8-9-16(11-18(14)19(20,21)22)25-17-10-15(13-24)23-12-17/h8-9,11,15,17,23-24H,2-7,10,12-13H2,1H3/t15-,17+/m0/s1. The van der Waals surface area contributed by atoms with Crippen molar-refractivity contribution in [3.63, 3.8) is 0 Å². The maximum absolute atomic E-state index is 13.4. The summed E-state index contributed by atoms with van der Waals surface area (Å²) in [5.74, 6) is 0.243. The van der Waals surface area contributed by atoms with E-state index in [1.54, 1.807) is 12.1 Å². The van der Waals surface area contributed by atoms with Crippen LogP contribution in [0.5, 0.6) is 5.75 Å². The number of halogens is 3. The van der Waals surface area contributed by atoms with Crippen LogP contribution in [0, 0.1) is 0 Å². The zero-order chi connectivity index (χ0) is 18.3. The third-order valence-electron chi connectivity index (χ3n) is 4.64. The molecular formula is C19H28F3NO2. The van der Waals surface area contributed by atoms with Crippen LogP contribution in [0.3, 0.4) is 0 Å². The van der Waals surface area contributed by atoms with Crippen molar-refractivity contribution in [2.24, 2.45) is 0 Å². The molecule has 2 atom stereocenters. The van der Waals surface area contributed by atoms with Gasteiger partial charge in [0.1, 0.15) is 11.9 Å². The molecule has 6 heteroatoms. The van der Waals surface area contributed by atoms with Crippen molar-refractivity contribution in [2.75, 3.05) is 13.2 Å². The molecule has 1 saturated heterocycles. The summed E-state index contributed by atoms with van der Waals surface area (Å²) in [6, 6.07) is 4.25. The summed E-state index contributed by atoms with van der Waals surface area (Å²) in [6.45, 7) is 2.65. The first kappa shape index (κ1) is 20.0. The van der Waals surface area contributed by atoms with Crippen molar-refractivity contribution < 1.29 is 23.0 Å². The Hall–Kier alpha value is -1.27. The van der Waals surface area contributed by atoms with Crippen LogP contribution < -0.4 is 10.1 Å². The fraction of sp³-hybridized carbons (Fsp3) is 0.684. The molecule has 0 spiro atoms. The van der Waals surface area contributed by atoms with Gasteiger partial charge in [-0.05, 0) is 30.5 Å². The molecule has 0 amide bonds. The number of benzene rings is 1. The highest BCUT2D eigenvalue weighted by atomic mass is 19.4. The highest BCUT2D eigenvalue weighted by molar-refractivity contribution is 5.38. The number of unbranched alkanes of at least 4 members (excludes halogenated alkanes) is 4. The van der Waals surface area contributed by atoms with Crippen molar-refractivity contribution in [3.05, 3.63) is 29.3 Å². The number of ether oxygens (including phenoxy) is 1. The predicted octanol–water partition coefficient (Wildman–Crippen LogP) is 4.32.